The highest BCUT2D eigenvalue weighted by Gasteiger charge is 2.35. The van der Waals surface area contributed by atoms with Crippen molar-refractivity contribution >= 4 is 34.5 Å². The van der Waals surface area contributed by atoms with E-state index in [1.54, 1.807) is 6.07 Å². The van der Waals surface area contributed by atoms with E-state index in [-0.39, 0.29) is 29.6 Å². The number of benzene rings is 2. The fraction of sp³-hybridized carbons (Fsp3) is 0.500. The summed E-state index contributed by atoms with van der Waals surface area (Å²) in [6.07, 6.45) is 3.80. The predicted molar refractivity (Wildman–Crippen MR) is 170 cm³/mol. The van der Waals surface area contributed by atoms with Crippen molar-refractivity contribution in [1.82, 2.24) is 14.8 Å². The lowest BCUT2D eigenvalue weighted by Gasteiger charge is -2.31. The second-order valence-corrected chi connectivity index (χ2v) is 13.1. The summed E-state index contributed by atoms with van der Waals surface area (Å²) in [4.78, 5) is 40.4. The summed E-state index contributed by atoms with van der Waals surface area (Å²) in [6, 6.07) is 13.8. The first-order valence-corrected chi connectivity index (χ1v) is 15.8. The van der Waals surface area contributed by atoms with E-state index in [1.165, 1.54) is 0 Å². The molecular weight excluding hydrogens is 558 g/mol. The van der Waals surface area contributed by atoms with Crippen molar-refractivity contribution in [2.45, 2.75) is 64.5 Å². The average molecular weight is 602 g/mol. The molecule has 3 aliphatic rings. The molecular formula is C34H43N5O5. The molecule has 0 radical (unpaired) electrons. The van der Waals surface area contributed by atoms with Gasteiger partial charge in [0.25, 0.3) is 5.91 Å². The number of ether oxygens (including phenoxy) is 2. The Morgan fingerprint density at radius 3 is 2.55 bits per heavy atom. The minimum absolute atomic E-state index is 0.104. The lowest BCUT2D eigenvalue weighted by Crippen LogP contribution is -2.42. The van der Waals surface area contributed by atoms with E-state index in [9.17, 15) is 14.4 Å². The molecule has 3 heterocycles. The second kappa shape index (κ2) is 12.6. The molecule has 4 N–H and O–H groups in total. The summed E-state index contributed by atoms with van der Waals surface area (Å²) in [5.41, 5.74) is 10.7. The highest BCUT2D eigenvalue weighted by atomic mass is 16.6. The summed E-state index contributed by atoms with van der Waals surface area (Å²) in [6.45, 7) is 8.84. The number of nitrogens with two attached hydrogens (primary N) is 1. The van der Waals surface area contributed by atoms with Crippen LogP contribution in [-0.2, 0) is 15.9 Å². The van der Waals surface area contributed by atoms with Crippen LogP contribution in [0.1, 0.15) is 66.8 Å². The third-order valence-electron chi connectivity index (χ3n) is 9.18. The van der Waals surface area contributed by atoms with Crippen LogP contribution >= 0.6 is 0 Å². The maximum Gasteiger partial charge on any atom is 0.407 e. The lowest BCUT2D eigenvalue weighted by atomic mass is 9.80. The molecule has 2 fully saturated rings. The van der Waals surface area contributed by atoms with Crippen LogP contribution in [0.4, 0.5) is 10.5 Å². The summed E-state index contributed by atoms with van der Waals surface area (Å²) in [5.74, 6) is -0.388. The van der Waals surface area contributed by atoms with Gasteiger partial charge < -0.3 is 25.8 Å². The molecule has 3 aromatic rings. The number of anilines is 1. The van der Waals surface area contributed by atoms with E-state index >= 15 is 0 Å². The first kappa shape index (κ1) is 30.1. The number of hydrogen-bond acceptors (Lipinski definition) is 7. The van der Waals surface area contributed by atoms with Crippen LogP contribution in [0.5, 0.6) is 0 Å². The van der Waals surface area contributed by atoms with Crippen LogP contribution < -0.4 is 16.4 Å². The molecule has 2 aromatic carbocycles. The topological polar surface area (TPSA) is 128 Å². The molecule has 0 atom stereocenters. The molecule has 2 aliphatic heterocycles. The molecule has 1 saturated carbocycles. The van der Waals surface area contributed by atoms with E-state index in [1.807, 2.05) is 34.9 Å². The van der Waals surface area contributed by atoms with Gasteiger partial charge in [0.2, 0.25) is 5.91 Å². The van der Waals surface area contributed by atoms with Gasteiger partial charge >= 0.3 is 6.09 Å². The van der Waals surface area contributed by atoms with Crippen LogP contribution in [-0.4, -0.2) is 78.9 Å². The number of alkyl carbamates (subject to hydrolysis) is 1. The number of fused-ring (bicyclic) bond motifs is 3. The monoisotopic (exact) mass is 601 g/mol. The van der Waals surface area contributed by atoms with Crippen LogP contribution in [0.25, 0.3) is 22.0 Å². The molecule has 6 rings (SSSR count). The van der Waals surface area contributed by atoms with Crippen molar-refractivity contribution in [2.75, 3.05) is 44.7 Å². The molecule has 2 amide bonds. The number of nitrogens with one attached hydrogen (secondary N) is 2. The van der Waals surface area contributed by atoms with Gasteiger partial charge in [0.05, 0.1) is 24.3 Å². The van der Waals surface area contributed by atoms with Crippen LogP contribution in [0.3, 0.4) is 0 Å². The highest BCUT2D eigenvalue weighted by molar-refractivity contribution is 6.06. The predicted octanol–water partition coefficient (Wildman–Crippen LogP) is 4.80. The van der Waals surface area contributed by atoms with E-state index < -0.39 is 5.91 Å². The molecule has 1 aromatic heterocycles. The maximum atomic E-state index is 13.3. The normalized spacial score (nSPS) is 21.9. The van der Waals surface area contributed by atoms with Crippen molar-refractivity contribution in [3.8, 4) is 11.1 Å². The van der Waals surface area contributed by atoms with Crippen molar-refractivity contribution < 1.29 is 23.9 Å². The Kier molecular flexibility index (Phi) is 8.64. The number of carbonyl (C=O) groups excluding carboxylic acids is 3. The number of para-hydroxylation sites is 1. The average Bonchev–Trinajstić information content (AvgIpc) is 3.32. The zero-order valence-electron chi connectivity index (χ0n) is 25.7. The molecule has 0 bridgehead atoms. The largest absolute Gasteiger partial charge is 0.446 e. The standard InChI is InChI=1S/C34H43N5O5/c1-34(2)20-29-31(26-5-3-4-6-28(26)39(29)30(40)21-34)22-7-12-25(32(35)41)27(19-22)37-23-8-10-24(11-9-23)44-33(42)36-13-14-38-15-17-43-18-16-38/h3-7,12,19,23-24,37H,8-11,13-18,20-21H2,1-2H3,(H2,35,41)(H,36,42)/t23-,24-. The molecule has 10 nitrogen and oxygen atoms in total. The molecule has 1 saturated heterocycles. The number of carbonyl (C=O) groups is 3. The van der Waals surface area contributed by atoms with Gasteiger partial charge in [-0.2, -0.15) is 0 Å². The number of amides is 2. The second-order valence-electron chi connectivity index (χ2n) is 13.1. The first-order valence-electron chi connectivity index (χ1n) is 15.8. The van der Waals surface area contributed by atoms with Gasteiger partial charge in [-0.05, 0) is 61.3 Å². The van der Waals surface area contributed by atoms with Gasteiger partial charge in [0.1, 0.15) is 6.10 Å². The Bertz CT molecular complexity index is 1550. The summed E-state index contributed by atoms with van der Waals surface area (Å²) >= 11 is 0. The number of primary amides is 1. The quantitative estimate of drug-likeness (QED) is 0.338. The lowest BCUT2D eigenvalue weighted by molar-refractivity contribution is 0.0372. The van der Waals surface area contributed by atoms with Gasteiger partial charge in [-0.3, -0.25) is 19.1 Å². The summed E-state index contributed by atoms with van der Waals surface area (Å²) < 4.78 is 13.0. The van der Waals surface area contributed by atoms with Gasteiger partial charge in [0.15, 0.2) is 0 Å². The van der Waals surface area contributed by atoms with Crippen LogP contribution in [0, 0.1) is 5.41 Å². The Labute approximate surface area is 258 Å². The Hall–Kier alpha value is -3.89. The van der Waals surface area contributed by atoms with Gasteiger partial charge in [-0.15, -0.1) is 0 Å². The smallest absolute Gasteiger partial charge is 0.407 e. The minimum Gasteiger partial charge on any atom is -0.446 e. The third-order valence-corrected chi connectivity index (χ3v) is 9.18. The molecule has 1 aliphatic carbocycles. The zero-order chi connectivity index (χ0) is 30.8. The van der Waals surface area contributed by atoms with Gasteiger partial charge in [0, 0.05) is 61.0 Å². The third kappa shape index (κ3) is 6.46. The van der Waals surface area contributed by atoms with E-state index in [2.05, 4.69) is 35.4 Å². The summed E-state index contributed by atoms with van der Waals surface area (Å²) in [7, 11) is 0. The van der Waals surface area contributed by atoms with Crippen molar-refractivity contribution in [3.63, 3.8) is 0 Å². The molecule has 10 heteroatoms. The number of hydrogen-bond donors (Lipinski definition) is 3. The highest BCUT2D eigenvalue weighted by Crippen LogP contribution is 2.43. The van der Waals surface area contributed by atoms with Crippen molar-refractivity contribution in [3.05, 3.63) is 53.7 Å². The molecule has 0 spiro atoms. The van der Waals surface area contributed by atoms with Crippen molar-refractivity contribution in [1.29, 1.82) is 0 Å². The minimum atomic E-state index is -0.495. The van der Waals surface area contributed by atoms with E-state index in [4.69, 9.17) is 15.2 Å². The van der Waals surface area contributed by atoms with Crippen molar-refractivity contribution in [2.24, 2.45) is 11.1 Å². The zero-order valence-corrected chi connectivity index (χ0v) is 25.7. The molecule has 234 valence electrons. The van der Waals surface area contributed by atoms with E-state index in [0.29, 0.717) is 24.2 Å². The maximum absolute atomic E-state index is 13.3. The van der Waals surface area contributed by atoms with Crippen LogP contribution in [0.2, 0.25) is 0 Å². The number of morpholine rings is 1. The SMILES string of the molecule is CC1(C)CC(=O)n2c(c(-c3ccc(C(N)=O)c(N[C@H]4CC[C@H](OC(=O)NCCN5CCOCC5)CC4)c3)c3ccccc32)C1. The summed E-state index contributed by atoms with van der Waals surface area (Å²) in [5, 5.41) is 7.48. The molecule has 0 unspecified atom stereocenters. The Balaban J connectivity index is 1.15. The fourth-order valence-corrected chi connectivity index (χ4v) is 6.98. The number of nitrogens with zero attached hydrogens (tertiary/aromatic N) is 2. The van der Waals surface area contributed by atoms with Crippen LogP contribution in [0.15, 0.2) is 42.5 Å². The number of rotatable bonds is 8. The number of aromatic nitrogens is 1. The Morgan fingerprint density at radius 1 is 1.05 bits per heavy atom. The molecule has 44 heavy (non-hydrogen) atoms. The Morgan fingerprint density at radius 2 is 1.80 bits per heavy atom. The van der Waals surface area contributed by atoms with Gasteiger partial charge in [-0.25, -0.2) is 4.79 Å². The van der Waals surface area contributed by atoms with Gasteiger partial charge in [-0.1, -0.05) is 38.1 Å². The fourth-order valence-electron chi connectivity index (χ4n) is 6.98. The first-order chi connectivity index (χ1) is 21.2. The van der Waals surface area contributed by atoms with E-state index in [0.717, 1.165) is 92.7 Å².